The van der Waals surface area contributed by atoms with Crippen molar-refractivity contribution in [3.05, 3.63) is 58.1 Å². The summed E-state index contributed by atoms with van der Waals surface area (Å²) in [5, 5.41) is 0. The minimum atomic E-state index is 0.297. The largest absolute Gasteiger partial charge is 0.369 e. The summed E-state index contributed by atoms with van der Waals surface area (Å²) in [4.78, 5) is 4.49. The monoisotopic (exact) mass is 327 g/mol. The molecule has 0 spiro atoms. The van der Waals surface area contributed by atoms with E-state index in [1.807, 2.05) is 12.1 Å². The lowest BCUT2D eigenvalue weighted by Gasteiger charge is -2.16. The van der Waals surface area contributed by atoms with E-state index in [1.165, 1.54) is 11.1 Å². The van der Waals surface area contributed by atoms with Crippen LogP contribution >= 0.6 is 15.9 Å². The topological polar surface area (TPSA) is 43.8 Å². The van der Waals surface area contributed by atoms with E-state index in [-0.39, 0.29) is 0 Å². The number of nitrogens with two attached hydrogens (primary N) is 1. The number of benzene rings is 2. The first-order valence-electron chi connectivity index (χ1n) is 6.75. The summed E-state index contributed by atoms with van der Waals surface area (Å²) in [7, 11) is 0. The molecule has 0 saturated heterocycles. The van der Waals surface area contributed by atoms with Gasteiger partial charge in [0.25, 0.3) is 0 Å². The molecule has 0 saturated carbocycles. The molecule has 1 aromatic heterocycles. The van der Waals surface area contributed by atoms with Crippen molar-refractivity contribution in [1.82, 2.24) is 9.55 Å². The normalized spacial score (nSPS) is 17.6. The van der Waals surface area contributed by atoms with Gasteiger partial charge in [-0.15, -0.1) is 0 Å². The Morgan fingerprint density at radius 3 is 2.95 bits per heavy atom. The van der Waals surface area contributed by atoms with Crippen molar-refractivity contribution >= 4 is 32.9 Å². The first-order chi connectivity index (χ1) is 9.74. The van der Waals surface area contributed by atoms with Crippen LogP contribution in [0.2, 0.25) is 0 Å². The molecule has 1 aliphatic carbocycles. The van der Waals surface area contributed by atoms with E-state index in [2.05, 4.69) is 55.8 Å². The Kier molecular flexibility index (Phi) is 2.60. The highest BCUT2D eigenvalue weighted by molar-refractivity contribution is 9.10. The number of hydrogen-bond acceptors (Lipinski definition) is 2. The van der Waals surface area contributed by atoms with E-state index < -0.39 is 0 Å². The van der Waals surface area contributed by atoms with E-state index >= 15 is 0 Å². The number of halogens is 1. The zero-order valence-electron chi connectivity index (χ0n) is 10.9. The molecule has 4 rings (SSSR count). The smallest absolute Gasteiger partial charge is 0.201 e. The highest BCUT2D eigenvalue weighted by Gasteiger charge is 2.26. The summed E-state index contributed by atoms with van der Waals surface area (Å²) >= 11 is 3.53. The number of imidazole rings is 1. The summed E-state index contributed by atoms with van der Waals surface area (Å²) in [6.45, 7) is 0. The average Bonchev–Trinajstić information content (AvgIpc) is 2.99. The molecule has 0 amide bonds. The molecule has 1 atom stereocenters. The molecule has 3 nitrogen and oxygen atoms in total. The number of hydrogen-bond donors (Lipinski definition) is 1. The van der Waals surface area contributed by atoms with Gasteiger partial charge >= 0.3 is 0 Å². The molecule has 1 heterocycles. The van der Waals surface area contributed by atoms with Gasteiger partial charge < -0.3 is 10.3 Å². The summed E-state index contributed by atoms with van der Waals surface area (Å²) in [5.41, 5.74) is 11.0. The number of nitrogens with zero attached hydrogens (tertiary/aromatic N) is 2. The maximum absolute atomic E-state index is 6.18. The molecule has 2 N–H and O–H groups in total. The maximum atomic E-state index is 6.18. The molecule has 4 heteroatoms. The predicted octanol–water partition coefficient (Wildman–Crippen LogP) is 3.92. The fourth-order valence-corrected chi connectivity index (χ4v) is 3.56. The van der Waals surface area contributed by atoms with Crippen LogP contribution in [0.25, 0.3) is 11.0 Å². The number of rotatable bonds is 1. The Labute approximate surface area is 125 Å². The van der Waals surface area contributed by atoms with Crippen LogP contribution < -0.4 is 5.73 Å². The summed E-state index contributed by atoms with van der Waals surface area (Å²) in [5.74, 6) is 0.597. The lowest BCUT2D eigenvalue weighted by Crippen LogP contribution is -2.10. The lowest BCUT2D eigenvalue weighted by molar-refractivity contribution is 0.603. The third-order valence-corrected chi connectivity index (χ3v) is 4.58. The van der Waals surface area contributed by atoms with Crippen molar-refractivity contribution in [1.29, 1.82) is 0 Å². The minimum Gasteiger partial charge on any atom is -0.369 e. The second-order valence-corrected chi connectivity index (χ2v) is 6.14. The van der Waals surface area contributed by atoms with Crippen molar-refractivity contribution in [2.24, 2.45) is 0 Å². The first-order valence-corrected chi connectivity index (χ1v) is 7.54. The lowest BCUT2D eigenvalue weighted by atomic mass is 10.1. The van der Waals surface area contributed by atoms with E-state index in [0.29, 0.717) is 12.0 Å². The van der Waals surface area contributed by atoms with Crippen LogP contribution in [0.4, 0.5) is 5.95 Å². The maximum Gasteiger partial charge on any atom is 0.201 e. The van der Waals surface area contributed by atoms with Crippen LogP contribution in [0.15, 0.2) is 46.9 Å². The van der Waals surface area contributed by atoms with E-state index in [9.17, 15) is 0 Å². The molecule has 1 aliphatic rings. The number of aryl methyl sites for hydroxylation is 1. The summed E-state index contributed by atoms with van der Waals surface area (Å²) in [6.07, 6.45) is 2.19. The van der Waals surface area contributed by atoms with Gasteiger partial charge in [-0.1, -0.05) is 40.2 Å². The highest BCUT2D eigenvalue weighted by Crippen LogP contribution is 2.38. The zero-order chi connectivity index (χ0) is 13.7. The van der Waals surface area contributed by atoms with Gasteiger partial charge in [0.1, 0.15) is 0 Å². The molecule has 20 heavy (non-hydrogen) atoms. The molecule has 100 valence electrons. The highest BCUT2D eigenvalue weighted by atomic mass is 79.9. The van der Waals surface area contributed by atoms with Crippen LogP contribution in [0.3, 0.4) is 0 Å². The van der Waals surface area contributed by atoms with Gasteiger partial charge in [0.15, 0.2) is 0 Å². The van der Waals surface area contributed by atoms with Gasteiger partial charge in [-0.25, -0.2) is 4.98 Å². The molecular formula is C16H14BrN3. The summed E-state index contributed by atoms with van der Waals surface area (Å²) < 4.78 is 3.23. The zero-order valence-corrected chi connectivity index (χ0v) is 12.5. The van der Waals surface area contributed by atoms with Gasteiger partial charge in [-0.3, -0.25) is 0 Å². The van der Waals surface area contributed by atoms with Crippen LogP contribution in [-0.2, 0) is 6.42 Å². The van der Waals surface area contributed by atoms with Crippen molar-refractivity contribution in [3.8, 4) is 0 Å². The van der Waals surface area contributed by atoms with E-state index in [1.54, 1.807) is 0 Å². The van der Waals surface area contributed by atoms with Gasteiger partial charge in [-0.2, -0.15) is 0 Å². The van der Waals surface area contributed by atoms with Gasteiger partial charge in [0.05, 0.1) is 17.1 Å². The molecule has 1 unspecified atom stereocenters. The third kappa shape index (κ3) is 1.68. The minimum absolute atomic E-state index is 0.297. The van der Waals surface area contributed by atoms with Gasteiger partial charge in [0, 0.05) is 4.47 Å². The molecular weight excluding hydrogens is 314 g/mol. The standard InChI is InChI=1S/C16H14BrN3/c17-11-6-7-13-15(9-11)20(16(18)19-13)14-8-5-10-3-1-2-4-12(10)14/h1-4,6-7,9,14H,5,8H2,(H2,18,19). The van der Waals surface area contributed by atoms with Crippen molar-refractivity contribution in [2.75, 3.05) is 5.73 Å². The molecule has 0 radical (unpaired) electrons. The Hall–Kier alpha value is -1.81. The van der Waals surface area contributed by atoms with Crippen molar-refractivity contribution in [3.63, 3.8) is 0 Å². The van der Waals surface area contributed by atoms with E-state index in [0.717, 1.165) is 28.3 Å². The van der Waals surface area contributed by atoms with Crippen LogP contribution in [0, 0.1) is 0 Å². The number of nitrogen functional groups attached to an aromatic ring is 1. The fraction of sp³-hybridized carbons (Fsp3) is 0.188. The molecule has 0 bridgehead atoms. The second-order valence-electron chi connectivity index (χ2n) is 5.23. The molecule has 0 fully saturated rings. The Morgan fingerprint density at radius 2 is 2.05 bits per heavy atom. The average molecular weight is 328 g/mol. The van der Waals surface area contributed by atoms with Crippen molar-refractivity contribution in [2.45, 2.75) is 18.9 Å². The Balaban J connectivity index is 1.95. The number of aromatic nitrogens is 2. The second kappa shape index (κ2) is 4.35. The number of fused-ring (bicyclic) bond motifs is 2. The fourth-order valence-electron chi connectivity index (χ4n) is 3.22. The number of anilines is 1. The predicted molar refractivity (Wildman–Crippen MR) is 84.7 cm³/mol. The first kappa shape index (κ1) is 12.0. The van der Waals surface area contributed by atoms with E-state index in [4.69, 9.17) is 5.73 Å². The van der Waals surface area contributed by atoms with Crippen LogP contribution in [0.5, 0.6) is 0 Å². The van der Waals surface area contributed by atoms with Gasteiger partial charge in [-0.05, 0) is 42.2 Å². The van der Waals surface area contributed by atoms with Crippen molar-refractivity contribution < 1.29 is 0 Å². The summed E-state index contributed by atoms with van der Waals surface area (Å²) in [6, 6.07) is 15.0. The quantitative estimate of drug-likeness (QED) is 0.736. The van der Waals surface area contributed by atoms with Gasteiger partial charge in [0.2, 0.25) is 5.95 Å². The third-order valence-electron chi connectivity index (χ3n) is 4.09. The molecule has 3 aromatic rings. The Morgan fingerprint density at radius 1 is 1.20 bits per heavy atom. The molecule has 2 aromatic carbocycles. The SMILES string of the molecule is Nc1nc2ccc(Br)cc2n1C1CCc2ccccc21. The van der Waals surface area contributed by atoms with Crippen LogP contribution in [0.1, 0.15) is 23.6 Å². The Bertz CT molecular complexity index is 807. The van der Waals surface area contributed by atoms with Crippen LogP contribution in [-0.4, -0.2) is 9.55 Å². The molecule has 0 aliphatic heterocycles.